The van der Waals surface area contributed by atoms with Crippen LogP contribution >= 0.6 is 35.0 Å². The number of carbonyl (C=O) groups excluding carboxylic acids is 1. The van der Waals surface area contributed by atoms with Crippen molar-refractivity contribution in [1.29, 1.82) is 0 Å². The fraction of sp³-hybridized carbons (Fsp3) is 0.448. The van der Waals surface area contributed by atoms with Gasteiger partial charge < -0.3 is 19.7 Å². The summed E-state index contributed by atoms with van der Waals surface area (Å²) in [5.41, 5.74) is 3.04. The highest BCUT2D eigenvalue weighted by molar-refractivity contribution is 8.13. The second-order valence-corrected chi connectivity index (χ2v) is 11.1. The number of aryl methyl sites for hydroxylation is 1. The van der Waals surface area contributed by atoms with Crippen molar-refractivity contribution in [1.82, 2.24) is 10.2 Å². The fourth-order valence-electron chi connectivity index (χ4n) is 4.72. The van der Waals surface area contributed by atoms with Crippen molar-refractivity contribution in [3.8, 4) is 0 Å². The number of likely N-dealkylation sites (tertiary alicyclic amines) is 1. The van der Waals surface area contributed by atoms with Gasteiger partial charge in [-0.25, -0.2) is 9.79 Å². The molecule has 2 aliphatic rings. The molecule has 6 nitrogen and oxygen atoms in total. The maximum absolute atomic E-state index is 13.5. The molecule has 0 aromatic heterocycles. The van der Waals surface area contributed by atoms with Crippen LogP contribution < -0.4 is 5.32 Å². The van der Waals surface area contributed by atoms with Crippen LogP contribution in [0.5, 0.6) is 0 Å². The molecule has 38 heavy (non-hydrogen) atoms. The van der Waals surface area contributed by atoms with E-state index < -0.39 is 12.0 Å². The Bertz CT molecular complexity index is 1120. The van der Waals surface area contributed by atoms with Crippen LogP contribution in [-0.2, 0) is 20.7 Å². The van der Waals surface area contributed by atoms with Crippen LogP contribution in [0.25, 0.3) is 0 Å². The summed E-state index contributed by atoms with van der Waals surface area (Å²) < 4.78 is 11.9. The molecule has 1 atom stereocenters. The third-order valence-corrected chi connectivity index (χ3v) is 7.68. The first kappa shape index (κ1) is 29.0. The monoisotopic (exact) mass is 575 g/mol. The van der Waals surface area contributed by atoms with E-state index in [-0.39, 0.29) is 6.61 Å². The molecule has 0 radical (unpaired) electrons. The van der Waals surface area contributed by atoms with E-state index in [1.165, 1.54) is 36.6 Å². The molecular weight excluding hydrogens is 541 g/mol. The van der Waals surface area contributed by atoms with E-state index in [0.717, 1.165) is 38.0 Å². The van der Waals surface area contributed by atoms with E-state index in [4.69, 9.17) is 37.7 Å². The molecular formula is C29H35Cl2N3O3S. The van der Waals surface area contributed by atoms with Crippen molar-refractivity contribution in [2.75, 3.05) is 45.7 Å². The number of piperidine rings is 1. The van der Waals surface area contributed by atoms with E-state index in [2.05, 4.69) is 22.3 Å². The standard InChI is InChI=1S/C29H35Cl2N3O3S/c1-38-29-32-25(20-36-16-14-34-12-6-3-7-13-34)26(27(33-29)22-17-23(30)19-24(31)18-22)28(35)37-15-8-11-21-9-4-2-5-10-21/h2,4-5,9-10,17-19,27H,3,6-8,11-16,20H2,1H3,(H,32,33). The summed E-state index contributed by atoms with van der Waals surface area (Å²) in [4.78, 5) is 20.8. The lowest BCUT2D eigenvalue weighted by Crippen LogP contribution is -2.35. The summed E-state index contributed by atoms with van der Waals surface area (Å²) in [6.07, 6.45) is 7.28. The highest BCUT2D eigenvalue weighted by Gasteiger charge is 2.32. The van der Waals surface area contributed by atoms with Crippen molar-refractivity contribution >= 4 is 46.1 Å². The summed E-state index contributed by atoms with van der Waals surface area (Å²) in [6.45, 7) is 4.26. The van der Waals surface area contributed by atoms with Crippen molar-refractivity contribution in [2.24, 2.45) is 4.99 Å². The molecule has 0 amide bonds. The third kappa shape index (κ3) is 8.48. The Kier molecular flexibility index (Phi) is 11.4. The zero-order chi connectivity index (χ0) is 26.7. The normalized spacial score (nSPS) is 18.2. The number of thioether (sulfide) groups is 1. The Labute approximate surface area is 239 Å². The number of nitrogens with one attached hydrogen (secondary N) is 1. The Morgan fingerprint density at radius 3 is 2.53 bits per heavy atom. The largest absolute Gasteiger partial charge is 0.462 e. The number of amidine groups is 1. The van der Waals surface area contributed by atoms with Crippen LogP contribution in [0.2, 0.25) is 10.0 Å². The van der Waals surface area contributed by atoms with Gasteiger partial charge in [0.15, 0.2) is 5.17 Å². The van der Waals surface area contributed by atoms with Gasteiger partial charge in [0.1, 0.15) is 6.04 Å². The Hall–Kier alpha value is -2.03. The number of aliphatic imine (C=N–C) groups is 1. The number of carbonyl (C=O) groups is 1. The molecule has 2 aromatic rings. The molecule has 0 bridgehead atoms. The smallest absolute Gasteiger partial charge is 0.338 e. The maximum Gasteiger partial charge on any atom is 0.338 e. The zero-order valence-corrected chi connectivity index (χ0v) is 24.1. The Morgan fingerprint density at radius 1 is 1.08 bits per heavy atom. The van der Waals surface area contributed by atoms with Crippen LogP contribution in [0.4, 0.5) is 0 Å². The lowest BCUT2D eigenvalue weighted by Gasteiger charge is -2.28. The number of hydrogen-bond acceptors (Lipinski definition) is 7. The van der Waals surface area contributed by atoms with Gasteiger partial charge in [0.2, 0.25) is 0 Å². The predicted molar refractivity (Wildman–Crippen MR) is 157 cm³/mol. The number of benzene rings is 2. The third-order valence-electron chi connectivity index (χ3n) is 6.65. The molecule has 204 valence electrons. The van der Waals surface area contributed by atoms with Crippen molar-refractivity contribution < 1.29 is 14.3 Å². The predicted octanol–water partition coefficient (Wildman–Crippen LogP) is 6.29. The fourth-order valence-corrected chi connectivity index (χ4v) is 5.70. The van der Waals surface area contributed by atoms with Gasteiger partial charge in [-0.3, -0.25) is 0 Å². The maximum atomic E-state index is 13.5. The number of halogens is 2. The second kappa shape index (κ2) is 14.9. The van der Waals surface area contributed by atoms with Crippen molar-refractivity contribution in [2.45, 2.75) is 38.1 Å². The van der Waals surface area contributed by atoms with E-state index in [9.17, 15) is 4.79 Å². The van der Waals surface area contributed by atoms with Crippen LogP contribution in [-0.4, -0.2) is 61.7 Å². The molecule has 1 saturated heterocycles. The number of ether oxygens (including phenoxy) is 2. The quantitative estimate of drug-likeness (QED) is 0.251. The number of nitrogens with zero attached hydrogens (tertiary/aromatic N) is 2. The Balaban J connectivity index is 1.50. The first-order chi connectivity index (χ1) is 18.5. The van der Waals surface area contributed by atoms with Gasteiger partial charge in [0, 0.05) is 16.6 Å². The summed E-state index contributed by atoms with van der Waals surface area (Å²) in [6, 6.07) is 14.8. The summed E-state index contributed by atoms with van der Waals surface area (Å²) in [7, 11) is 0. The van der Waals surface area contributed by atoms with Gasteiger partial charge in [0.05, 0.1) is 31.1 Å². The SMILES string of the molecule is CSC1=NC(c2cc(Cl)cc(Cl)c2)C(C(=O)OCCCc2ccccc2)=C(COCCN2CCCCC2)N1. The number of rotatable bonds is 11. The average Bonchev–Trinajstić information content (AvgIpc) is 2.93. The highest BCUT2D eigenvalue weighted by Crippen LogP contribution is 2.35. The minimum Gasteiger partial charge on any atom is -0.462 e. The number of esters is 1. The lowest BCUT2D eigenvalue weighted by molar-refractivity contribution is -0.139. The number of hydrogen-bond donors (Lipinski definition) is 1. The molecule has 2 aromatic carbocycles. The molecule has 0 saturated carbocycles. The summed E-state index contributed by atoms with van der Waals surface area (Å²) in [5, 5.41) is 4.98. The minimum atomic E-state index is -0.600. The van der Waals surface area contributed by atoms with Gasteiger partial charge >= 0.3 is 5.97 Å². The van der Waals surface area contributed by atoms with Gasteiger partial charge in [-0.1, -0.05) is 71.7 Å². The highest BCUT2D eigenvalue weighted by atomic mass is 35.5. The molecule has 1 unspecified atom stereocenters. The summed E-state index contributed by atoms with van der Waals surface area (Å²) >= 11 is 14.1. The molecule has 0 spiro atoms. The van der Waals surface area contributed by atoms with Crippen molar-refractivity contribution in [3.63, 3.8) is 0 Å². The van der Waals surface area contributed by atoms with Gasteiger partial charge in [0.25, 0.3) is 0 Å². The van der Waals surface area contributed by atoms with E-state index in [1.54, 1.807) is 18.2 Å². The van der Waals surface area contributed by atoms with Crippen LogP contribution in [0, 0.1) is 0 Å². The topological polar surface area (TPSA) is 63.2 Å². The van der Waals surface area contributed by atoms with Crippen LogP contribution in [0.15, 0.2) is 64.8 Å². The molecule has 1 fully saturated rings. The average molecular weight is 577 g/mol. The molecule has 2 heterocycles. The van der Waals surface area contributed by atoms with Crippen LogP contribution in [0.3, 0.4) is 0 Å². The molecule has 9 heteroatoms. The zero-order valence-electron chi connectivity index (χ0n) is 21.8. The van der Waals surface area contributed by atoms with Gasteiger partial charge in [-0.05, 0) is 74.4 Å². The molecule has 2 aliphatic heterocycles. The van der Waals surface area contributed by atoms with Crippen molar-refractivity contribution in [3.05, 3.63) is 81.0 Å². The molecule has 1 N–H and O–H groups in total. The lowest BCUT2D eigenvalue weighted by atomic mass is 9.96. The van der Waals surface area contributed by atoms with E-state index >= 15 is 0 Å². The first-order valence-electron chi connectivity index (χ1n) is 13.1. The first-order valence-corrected chi connectivity index (χ1v) is 15.1. The van der Waals surface area contributed by atoms with E-state index in [0.29, 0.717) is 39.7 Å². The Morgan fingerprint density at radius 2 is 1.82 bits per heavy atom. The molecule has 0 aliphatic carbocycles. The van der Waals surface area contributed by atoms with E-state index in [1.807, 2.05) is 24.5 Å². The van der Waals surface area contributed by atoms with Gasteiger partial charge in [-0.2, -0.15) is 0 Å². The second-order valence-electron chi connectivity index (χ2n) is 9.44. The minimum absolute atomic E-state index is 0.257. The summed E-state index contributed by atoms with van der Waals surface area (Å²) in [5.74, 6) is -0.412. The van der Waals surface area contributed by atoms with Crippen LogP contribution in [0.1, 0.15) is 42.9 Å². The van der Waals surface area contributed by atoms with Gasteiger partial charge in [-0.15, -0.1) is 0 Å². The molecule has 4 rings (SSSR count).